The maximum absolute atomic E-state index is 8.63. The van der Waals surface area contributed by atoms with Gasteiger partial charge in [0, 0.05) is 25.6 Å². The van der Waals surface area contributed by atoms with Gasteiger partial charge in [0.15, 0.2) is 0 Å². The van der Waals surface area contributed by atoms with Crippen molar-refractivity contribution in [2.24, 2.45) is 11.8 Å². The summed E-state index contributed by atoms with van der Waals surface area (Å²) in [5, 5.41) is 8.63. The Bertz CT molecular complexity index is 218. The van der Waals surface area contributed by atoms with Gasteiger partial charge in [-0.3, -0.25) is 4.90 Å². The molecule has 1 aliphatic rings. The molecule has 0 amide bonds. The Morgan fingerprint density at radius 1 is 1.47 bits per heavy atom. The van der Waals surface area contributed by atoms with E-state index in [9.17, 15) is 0 Å². The van der Waals surface area contributed by atoms with E-state index in [-0.39, 0.29) is 0 Å². The van der Waals surface area contributed by atoms with Gasteiger partial charge in [-0.15, -0.1) is 0 Å². The van der Waals surface area contributed by atoms with Crippen LogP contribution >= 0.6 is 12.6 Å². The molecule has 0 bridgehead atoms. The first-order chi connectivity index (χ1) is 7.19. The molecule has 0 aromatic rings. The third-order valence-corrected chi connectivity index (χ3v) is 3.69. The summed E-state index contributed by atoms with van der Waals surface area (Å²) in [5.41, 5.74) is 0. The molecule has 0 heterocycles. The molecule has 1 atom stereocenters. The normalized spacial score (nSPS) is 18.1. The van der Waals surface area contributed by atoms with E-state index in [0.717, 1.165) is 24.9 Å². The zero-order valence-corrected chi connectivity index (χ0v) is 10.7. The van der Waals surface area contributed by atoms with Gasteiger partial charge in [0.25, 0.3) is 0 Å². The van der Waals surface area contributed by atoms with Crippen LogP contribution < -0.4 is 0 Å². The highest BCUT2D eigenvalue weighted by atomic mass is 32.1. The van der Waals surface area contributed by atoms with Gasteiger partial charge < -0.3 is 0 Å². The predicted molar refractivity (Wildman–Crippen MR) is 67.0 cm³/mol. The molecule has 0 saturated heterocycles. The number of rotatable bonds is 7. The van der Waals surface area contributed by atoms with E-state index in [1.54, 1.807) is 0 Å². The molecule has 1 fully saturated rings. The van der Waals surface area contributed by atoms with Crippen LogP contribution in [0.5, 0.6) is 0 Å². The SMILES string of the molecule is CC(C)C(CS)CN(CCC#N)C1CC1. The molecule has 86 valence electrons. The van der Waals surface area contributed by atoms with E-state index in [1.165, 1.54) is 12.8 Å². The molecular weight excluding hydrogens is 204 g/mol. The van der Waals surface area contributed by atoms with Crippen molar-refractivity contribution in [3.8, 4) is 6.07 Å². The van der Waals surface area contributed by atoms with Crippen molar-refractivity contribution in [2.45, 2.75) is 39.2 Å². The fraction of sp³-hybridized carbons (Fsp3) is 0.917. The van der Waals surface area contributed by atoms with Crippen molar-refractivity contribution in [2.75, 3.05) is 18.8 Å². The number of nitriles is 1. The van der Waals surface area contributed by atoms with Crippen LogP contribution in [-0.4, -0.2) is 29.8 Å². The van der Waals surface area contributed by atoms with Gasteiger partial charge >= 0.3 is 0 Å². The molecule has 0 aromatic heterocycles. The van der Waals surface area contributed by atoms with Crippen LogP contribution in [0.2, 0.25) is 0 Å². The molecule has 1 aliphatic carbocycles. The third-order valence-electron chi connectivity index (χ3n) is 3.22. The summed E-state index contributed by atoms with van der Waals surface area (Å²) in [6.07, 6.45) is 3.31. The average molecular weight is 226 g/mol. The van der Waals surface area contributed by atoms with E-state index >= 15 is 0 Å². The highest BCUT2D eigenvalue weighted by Crippen LogP contribution is 2.28. The Morgan fingerprint density at radius 3 is 2.53 bits per heavy atom. The van der Waals surface area contributed by atoms with Gasteiger partial charge in [-0.1, -0.05) is 13.8 Å². The van der Waals surface area contributed by atoms with E-state index < -0.39 is 0 Å². The minimum atomic E-state index is 0.660. The highest BCUT2D eigenvalue weighted by Gasteiger charge is 2.30. The first-order valence-corrected chi connectivity index (χ1v) is 6.54. The van der Waals surface area contributed by atoms with E-state index in [0.29, 0.717) is 18.3 Å². The number of thiol groups is 1. The molecule has 3 heteroatoms. The summed E-state index contributed by atoms with van der Waals surface area (Å²) in [4.78, 5) is 2.49. The third kappa shape index (κ3) is 4.44. The van der Waals surface area contributed by atoms with Gasteiger partial charge in [0.2, 0.25) is 0 Å². The van der Waals surface area contributed by atoms with Crippen LogP contribution in [0.25, 0.3) is 0 Å². The summed E-state index contributed by atoms with van der Waals surface area (Å²) >= 11 is 4.42. The van der Waals surface area contributed by atoms with Gasteiger partial charge in [-0.05, 0) is 30.4 Å². The average Bonchev–Trinajstić information content (AvgIpc) is 3.01. The predicted octanol–water partition coefficient (Wildman–Crippen LogP) is 2.57. The number of nitrogens with zero attached hydrogens (tertiary/aromatic N) is 2. The second-order valence-electron chi connectivity index (χ2n) is 4.82. The Labute approximate surface area is 99.1 Å². The monoisotopic (exact) mass is 226 g/mol. The molecule has 0 aliphatic heterocycles. The van der Waals surface area contributed by atoms with Crippen LogP contribution in [0.4, 0.5) is 0 Å². The molecule has 15 heavy (non-hydrogen) atoms. The largest absolute Gasteiger partial charge is 0.299 e. The standard InChI is InChI=1S/C12H22N2S/c1-10(2)11(9-15)8-14(7-3-6-13)12-4-5-12/h10-12,15H,3-5,7-9H2,1-2H3. The molecule has 0 aromatic carbocycles. The zero-order valence-electron chi connectivity index (χ0n) is 9.82. The quantitative estimate of drug-likeness (QED) is 0.676. The Kier molecular flexibility index (Phi) is 5.49. The Balaban J connectivity index is 2.38. The summed E-state index contributed by atoms with van der Waals surface area (Å²) in [7, 11) is 0. The Hall–Kier alpha value is -0.200. The maximum Gasteiger partial charge on any atom is 0.0635 e. The lowest BCUT2D eigenvalue weighted by Gasteiger charge is -2.28. The second-order valence-corrected chi connectivity index (χ2v) is 5.19. The minimum absolute atomic E-state index is 0.660. The highest BCUT2D eigenvalue weighted by molar-refractivity contribution is 7.80. The maximum atomic E-state index is 8.63. The van der Waals surface area contributed by atoms with Crippen LogP contribution in [0, 0.1) is 23.2 Å². The molecule has 0 N–H and O–H groups in total. The van der Waals surface area contributed by atoms with Crippen molar-refractivity contribution in [1.29, 1.82) is 5.26 Å². The molecule has 1 rings (SSSR count). The van der Waals surface area contributed by atoms with Crippen molar-refractivity contribution in [3.63, 3.8) is 0 Å². The summed E-state index contributed by atoms with van der Waals surface area (Å²) in [5.74, 6) is 2.30. The van der Waals surface area contributed by atoms with Gasteiger partial charge in [0.1, 0.15) is 0 Å². The van der Waals surface area contributed by atoms with Crippen LogP contribution in [0.3, 0.4) is 0 Å². The molecule has 1 unspecified atom stereocenters. The van der Waals surface area contributed by atoms with Gasteiger partial charge in [-0.25, -0.2) is 0 Å². The van der Waals surface area contributed by atoms with Crippen molar-refractivity contribution in [1.82, 2.24) is 4.90 Å². The molecule has 0 spiro atoms. The minimum Gasteiger partial charge on any atom is -0.299 e. The topological polar surface area (TPSA) is 27.0 Å². The smallest absolute Gasteiger partial charge is 0.0635 e. The van der Waals surface area contributed by atoms with Crippen molar-refractivity contribution in [3.05, 3.63) is 0 Å². The van der Waals surface area contributed by atoms with E-state index in [2.05, 4.69) is 37.4 Å². The van der Waals surface area contributed by atoms with Gasteiger partial charge in [0.05, 0.1) is 6.07 Å². The molecule has 1 saturated carbocycles. The first-order valence-electron chi connectivity index (χ1n) is 5.91. The van der Waals surface area contributed by atoms with Crippen molar-refractivity contribution >= 4 is 12.6 Å². The molecule has 0 radical (unpaired) electrons. The van der Waals surface area contributed by atoms with Crippen LogP contribution in [-0.2, 0) is 0 Å². The summed E-state index contributed by atoms with van der Waals surface area (Å²) < 4.78 is 0. The fourth-order valence-corrected chi connectivity index (χ4v) is 2.37. The van der Waals surface area contributed by atoms with Crippen LogP contribution in [0.15, 0.2) is 0 Å². The van der Waals surface area contributed by atoms with Gasteiger partial charge in [-0.2, -0.15) is 17.9 Å². The number of hydrogen-bond acceptors (Lipinski definition) is 3. The molecular formula is C12H22N2S. The summed E-state index contributed by atoms with van der Waals surface area (Å²) in [6.45, 7) is 6.58. The lowest BCUT2D eigenvalue weighted by molar-refractivity contribution is 0.209. The lowest BCUT2D eigenvalue weighted by atomic mass is 9.97. The zero-order chi connectivity index (χ0) is 11.3. The van der Waals surface area contributed by atoms with Crippen molar-refractivity contribution < 1.29 is 0 Å². The second kappa shape index (κ2) is 6.40. The summed E-state index contributed by atoms with van der Waals surface area (Å²) in [6, 6.07) is 3.00. The number of hydrogen-bond donors (Lipinski definition) is 1. The molecule has 2 nitrogen and oxygen atoms in total. The van der Waals surface area contributed by atoms with E-state index in [4.69, 9.17) is 5.26 Å². The van der Waals surface area contributed by atoms with Crippen LogP contribution in [0.1, 0.15) is 33.1 Å². The Morgan fingerprint density at radius 2 is 2.13 bits per heavy atom. The first kappa shape index (κ1) is 12.9. The fourth-order valence-electron chi connectivity index (χ4n) is 1.84. The van der Waals surface area contributed by atoms with E-state index in [1.807, 2.05) is 0 Å². The lowest BCUT2D eigenvalue weighted by Crippen LogP contribution is -2.35.